The molecule has 0 saturated heterocycles. The van der Waals surface area contributed by atoms with Crippen LogP contribution in [0.15, 0.2) is 42.5 Å². The number of aromatic hydroxyl groups is 2. The Morgan fingerprint density at radius 3 is 2.34 bits per heavy atom. The number of alkyl halides is 3. The Morgan fingerprint density at radius 1 is 1.03 bits per heavy atom. The molecule has 156 valence electrons. The molecular formula is C21H22F3NO4. The second kappa shape index (κ2) is 8.32. The molecular weight excluding hydrogens is 387 g/mol. The first-order chi connectivity index (χ1) is 13.6. The first-order valence-corrected chi connectivity index (χ1v) is 9.34. The number of halogens is 3. The second-order valence-electron chi connectivity index (χ2n) is 7.36. The Kier molecular flexibility index (Phi) is 6.02. The molecule has 0 aromatic heterocycles. The molecule has 0 spiro atoms. The smallest absolute Gasteiger partial charge is 0.416 e. The molecule has 0 aliphatic heterocycles. The van der Waals surface area contributed by atoms with Crippen molar-refractivity contribution in [2.45, 2.75) is 50.2 Å². The Bertz CT molecular complexity index is 876. The lowest BCUT2D eigenvalue weighted by Crippen LogP contribution is -2.40. The highest BCUT2D eigenvalue weighted by atomic mass is 19.4. The maximum absolute atomic E-state index is 12.8. The average molecular weight is 409 g/mol. The first kappa shape index (κ1) is 21.0. The quantitative estimate of drug-likeness (QED) is 0.509. The highest BCUT2D eigenvalue weighted by Crippen LogP contribution is 2.39. The molecule has 8 heteroatoms. The van der Waals surface area contributed by atoms with Crippen molar-refractivity contribution in [1.82, 2.24) is 5.06 Å². The maximum atomic E-state index is 12.8. The van der Waals surface area contributed by atoms with E-state index in [0.717, 1.165) is 12.1 Å². The molecule has 2 aromatic rings. The zero-order chi connectivity index (χ0) is 21.2. The summed E-state index contributed by atoms with van der Waals surface area (Å²) in [5.74, 6) is -0.629. The molecule has 29 heavy (non-hydrogen) atoms. The van der Waals surface area contributed by atoms with Gasteiger partial charge in [-0.2, -0.15) is 13.2 Å². The van der Waals surface area contributed by atoms with Gasteiger partial charge in [-0.3, -0.25) is 10.0 Å². The lowest BCUT2D eigenvalue weighted by atomic mass is 9.81. The molecule has 1 amide bonds. The monoisotopic (exact) mass is 409 g/mol. The van der Waals surface area contributed by atoms with Gasteiger partial charge in [-0.25, -0.2) is 5.06 Å². The molecule has 1 fully saturated rings. The van der Waals surface area contributed by atoms with Gasteiger partial charge >= 0.3 is 6.18 Å². The van der Waals surface area contributed by atoms with Crippen LogP contribution >= 0.6 is 0 Å². The van der Waals surface area contributed by atoms with E-state index in [1.807, 2.05) is 0 Å². The van der Waals surface area contributed by atoms with Crippen molar-refractivity contribution in [3.8, 4) is 11.5 Å². The largest absolute Gasteiger partial charge is 0.508 e. The van der Waals surface area contributed by atoms with Crippen LogP contribution in [0.25, 0.3) is 0 Å². The highest BCUT2D eigenvalue weighted by molar-refractivity contribution is 5.78. The molecule has 0 atom stereocenters. The number of amides is 1. The van der Waals surface area contributed by atoms with E-state index in [-0.39, 0.29) is 29.4 Å². The molecule has 1 saturated carbocycles. The molecule has 5 nitrogen and oxygen atoms in total. The van der Waals surface area contributed by atoms with Gasteiger partial charge in [0.15, 0.2) is 0 Å². The minimum atomic E-state index is -4.49. The second-order valence-corrected chi connectivity index (χ2v) is 7.36. The molecule has 3 rings (SSSR count). The third-order valence-electron chi connectivity index (χ3n) is 5.36. The SMILES string of the molecule is O=C(Cc1cccc(C(F)(F)F)c1)N(O)C1CCC(c2ccc(O)cc2O)CC1. The van der Waals surface area contributed by atoms with Crippen molar-refractivity contribution >= 4 is 5.91 Å². The van der Waals surface area contributed by atoms with E-state index in [9.17, 15) is 33.4 Å². The van der Waals surface area contributed by atoms with Crippen molar-refractivity contribution < 1.29 is 33.4 Å². The summed E-state index contributed by atoms with van der Waals surface area (Å²) < 4.78 is 38.4. The third-order valence-corrected chi connectivity index (χ3v) is 5.36. The van der Waals surface area contributed by atoms with Gasteiger partial charge in [0.05, 0.1) is 18.0 Å². The minimum Gasteiger partial charge on any atom is -0.508 e. The number of phenols is 2. The zero-order valence-corrected chi connectivity index (χ0v) is 15.6. The minimum absolute atomic E-state index is 0.00919. The van der Waals surface area contributed by atoms with Crippen LogP contribution in [-0.4, -0.2) is 32.4 Å². The fourth-order valence-corrected chi connectivity index (χ4v) is 3.83. The van der Waals surface area contributed by atoms with Crippen LogP contribution in [0.3, 0.4) is 0 Å². The lowest BCUT2D eigenvalue weighted by Gasteiger charge is -2.33. The van der Waals surface area contributed by atoms with E-state index in [2.05, 4.69) is 0 Å². The fraction of sp³-hybridized carbons (Fsp3) is 0.381. The molecule has 0 unspecified atom stereocenters. The summed E-state index contributed by atoms with van der Waals surface area (Å²) >= 11 is 0. The summed E-state index contributed by atoms with van der Waals surface area (Å²) in [5, 5.41) is 30.3. The third kappa shape index (κ3) is 5.00. The van der Waals surface area contributed by atoms with Crippen molar-refractivity contribution in [3.05, 3.63) is 59.2 Å². The maximum Gasteiger partial charge on any atom is 0.416 e. The van der Waals surface area contributed by atoms with Crippen molar-refractivity contribution in [2.24, 2.45) is 0 Å². The normalized spacial score (nSPS) is 19.7. The number of rotatable bonds is 4. The number of hydroxylamine groups is 2. The van der Waals surface area contributed by atoms with Crippen LogP contribution in [0.1, 0.15) is 48.3 Å². The van der Waals surface area contributed by atoms with Gasteiger partial charge in [0.25, 0.3) is 5.91 Å². The number of benzene rings is 2. The van der Waals surface area contributed by atoms with E-state index >= 15 is 0 Å². The number of hydrogen-bond donors (Lipinski definition) is 3. The Morgan fingerprint density at radius 2 is 1.72 bits per heavy atom. The molecule has 3 N–H and O–H groups in total. The summed E-state index contributed by atoms with van der Waals surface area (Å²) in [6.07, 6.45) is -2.57. The van der Waals surface area contributed by atoms with Gasteiger partial charge in [-0.15, -0.1) is 0 Å². The van der Waals surface area contributed by atoms with E-state index in [1.54, 1.807) is 6.07 Å². The fourth-order valence-electron chi connectivity index (χ4n) is 3.83. The number of carbonyl (C=O) groups excluding carboxylic acids is 1. The van der Waals surface area contributed by atoms with Gasteiger partial charge in [0.2, 0.25) is 0 Å². The molecule has 1 aliphatic carbocycles. The van der Waals surface area contributed by atoms with E-state index in [4.69, 9.17) is 0 Å². The van der Waals surface area contributed by atoms with Gasteiger partial charge in [0.1, 0.15) is 11.5 Å². The predicted octanol–water partition coefficient (Wildman–Crippen LogP) is 4.60. The summed E-state index contributed by atoms with van der Waals surface area (Å²) in [5.41, 5.74) is 0.0640. The van der Waals surface area contributed by atoms with Gasteiger partial charge < -0.3 is 10.2 Å². The van der Waals surface area contributed by atoms with Crippen LogP contribution in [0.2, 0.25) is 0 Å². The predicted molar refractivity (Wildman–Crippen MR) is 98.5 cm³/mol. The van der Waals surface area contributed by atoms with E-state index in [0.29, 0.717) is 36.3 Å². The van der Waals surface area contributed by atoms with Crippen LogP contribution in [-0.2, 0) is 17.4 Å². The molecule has 0 bridgehead atoms. The van der Waals surface area contributed by atoms with Crippen molar-refractivity contribution in [1.29, 1.82) is 0 Å². The van der Waals surface area contributed by atoms with Crippen LogP contribution < -0.4 is 0 Å². The van der Waals surface area contributed by atoms with E-state index < -0.39 is 23.7 Å². The van der Waals surface area contributed by atoms with Gasteiger partial charge in [-0.1, -0.05) is 24.3 Å². The first-order valence-electron chi connectivity index (χ1n) is 9.34. The Balaban J connectivity index is 1.59. The molecule has 0 heterocycles. The van der Waals surface area contributed by atoms with Crippen LogP contribution in [0.5, 0.6) is 11.5 Å². The molecule has 1 aliphatic rings. The van der Waals surface area contributed by atoms with Crippen LogP contribution in [0.4, 0.5) is 13.2 Å². The number of phenolic OH excluding ortho intramolecular Hbond substituents is 2. The molecule has 2 aromatic carbocycles. The number of carbonyl (C=O) groups is 1. The van der Waals surface area contributed by atoms with E-state index in [1.165, 1.54) is 24.3 Å². The summed E-state index contributed by atoms with van der Waals surface area (Å²) in [4.78, 5) is 12.3. The highest BCUT2D eigenvalue weighted by Gasteiger charge is 2.32. The zero-order valence-electron chi connectivity index (χ0n) is 15.6. The lowest BCUT2D eigenvalue weighted by molar-refractivity contribution is -0.178. The van der Waals surface area contributed by atoms with Crippen molar-refractivity contribution in [3.63, 3.8) is 0 Å². The van der Waals surface area contributed by atoms with Crippen LogP contribution in [0, 0.1) is 0 Å². The molecule has 0 radical (unpaired) electrons. The van der Waals surface area contributed by atoms with Gasteiger partial charge in [0, 0.05) is 6.07 Å². The topological polar surface area (TPSA) is 81.0 Å². The standard InChI is InChI=1S/C21H22F3NO4/c22-21(23,24)15-3-1-2-13(10-15)11-20(28)25(29)16-6-4-14(5-7-16)18-9-8-17(26)12-19(18)27/h1-3,8-10,12,14,16,26-27,29H,4-7,11H2. The Hall–Kier alpha value is -2.74. The van der Waals surface area contributed by atoms with Gasteiger partial charge in [-0.05, 0) is 54.9 Å². The summed E-state index contributed by atoms with van der Waals surface area (Å²) in [7, 11) is 0. The Labute approximate surface area is 166 Å². The van der Waals surface area contributed by atoms with Crippen molar-refractivity contribution in [2.75, 3.05) is 0 Å². The summed E-state index contributed by atoms with van der Waals surface area (Å²) in [6.45, 7) is 0. The average Bonchev–Trinajstić information content (AvgIpc) is 2.67. The number of nitrogens with zero attached hydrogens (tertiary/aromatic N) is 1. The summed E-state index contributed by atoms with van der Waals surface area (Å²) in [6, 6.07) is 8.51. The number of hydrogen-bond acceptors (Lipinski definition) is 4.